The van der Waals surface area contributed by atoms with E-state index in [1.807, 2.05) is 42.5 Å². The lowest BCUT2D eigenvalue weighted by atomic mass is 9.99. The number of aromatic amines is 1. The van der Waals surface area contributed by atoms with Crippen LogP contribution in [0.2, 0.25) is 0 Å². The summed E-state index contributed by atoms with van der Waals surface area (Å²) in [6.45, 7) is 0.627. The molecule has 0 aliphatic carbocycles. The smallest absolute Gasteiger partial charge is 0.261 e. The van der Waals surface area contributed by atoms with E-state index in [1.54, 1.807) is 17.1 Å². The van der Waals surface area contributed by atoms with Crippen LogP contribution < -0.4 is 5.32 Å². The molecular formula is C22H17N5O2. The van der Waals surface area contributed by atoms with Gasteiger partial charge in [-0.15, -0.1) is 5.10 Å². The van der Waals surface area contributed by atoms with Crippen LogP contribution >= 0.6 is 0 Å². The van der Waals surface area contributed by atoms with E-state index in [9.17, 15) is 9.59 Å². The number of aryl methyl sites for hydroxylation is 2. The molecule has 142 valence electrons. The molecular weight excluding hydrogens is 366 g/mol. The Hall–Kier alpha value is -4.00. The van der Waals surface area contributed by atoms with Gasteiger partial charge in [0.25, 0.3) is 11.8 Å². The van der Waals surface area contributed by atoms with Crippen molar-refractivity contribution in [3.8, 4) is 0 Å². The number of benzene rings is 2. The van der Waals surface area contributed by atoms with E-state index in [2.05, 4.69) is 32.7 Å². The summed E-state index contributed by atoms with van der Waals surface area (Å²) >= 11 is 0. The summed E-state index contributed by atoms with van der Waals surface area (Å²) in [7, 11) is 0. The number of nitrogens with one attached hydrogen (secondary N) is 2. The van der Waals surface area contributed by atoms with Crippen LogP contribution in [0, 0.1) is 0 Å². The van der Waals surface area contributed by atoms with E-state index in [1.165, 1.54) is 5.56 Å². The monoisotopic (exact) mass is 383 g/mol. The number of aromatic nitrogens is 4. The van der Waals surface area contributed by atoms with Crippen LogP contribution in [-0.4, -0.2) is 31.8 Å². The van der Waals surface area contributed by atoms with Crippen molar-refractivity contribution in [1.29, 1.82) is 0 Å². The van der Waals surface area contributed by atoms with E-state index in [0.717, 1.165) is 17.3 Å². The van der Waals surface area contributed by atoms with Crippen LogP contribution in [0.1, 0.15) is 16.8 Å². The van der Waals surface area contributed by atoms with Gasteiger partial charge < -0.3 is 4.98 Å². The third kappa shape index (κ3) is 3.02. The summed E-state index contributed by atoms with van der Waals surface area (Å²) in [5.74, 6) is -0.876. The van der Waals surface area contributed by atoms with Crippen molar-refractivity contribution in [3.63, 3.8) is 0 Å². The predicted octanol–water partition coefficient (Wildman–Crippen LogP) is 2.57. The second-order valence-corrected chi connectivity index (χ2v) is 6.88. The highest BCUT2D eigenvalue weighted by atomic mass is 16.2. The summed E-state index contributed by atoms with van der Waals surface area (Å²) in [5.41, 5.74) is 3.73. The van der Waals surface area contributed by atoms with Crippen LogP contribution in [0.3, 0.4) is 0 Å². The Morgan fingerprint density at radius 3 is 2.52 bits per heavy atom. The van der Waals surface area contributed by atoms with Crippen molar-refractivity contribution >= 4 is 33.9 Å². The fourth-order valence-electron chi connectivity index (χ4n) is 3.65. The Morgan fingerprint density at radius 2 is 1.66 bits per heavy atom. The van der Waals surface area contributed by atoms with Crippen molar-refractivity contribution in [3.05, 3.63) is 83.8 Å². The first-order chi connectivity index (χ1) is 14.2. The summed E-state index contributed by atoms with van der Waals surface area (Å²) < 4.78 is 1.69. The Morgan fingerprint density at radius 1 is 0.897 bits per heavy atom. The van der Waals surface area contributed by atoms with E-state index >= 15 is 0 Å². The standard InChI is InChI=1S/C22H17N5O2/c28-21-19(16-12-23-17-9-5-4-8-15(16)17)20(22(29)24-21)18-13-27(26-25-18)11-10-14-6-2-1-3-7-14/h1-9,12-13,23H,10-11H2,(H,24,28,29). The highest BCUT2D eigenvalue weighted by molar-refractivity contribution is 6.49. The molecule has 0 bridgehead atoms. The van der Waals surface area contributed by atoms with Crippen LogP contribution in [0.5, 0.6) is 0 Å². The molecule has 1 aliphatic rings. The zero-order chi connectivity index (χ0) is 19.8. The molecule has 1 aliphatic heterocycles. The number of nitrogens with zero attached hydrogens (tertiary/aromatic N) is 3. The Balaban J connectivity index is 1.52. The lowest BCUT2D eigenvalue weighted by Crippen LogP contribution is -2.22. The Labute approximate surface area is 166 Å². The number of hydrogen-bond acceptors (Lipinski definition) is 4. The fraction of sp³-hybridized carbons (Fsp3) is 0.0909. The molecule has 2 N–H and O–H groups in total. The van der Waals surface area contributed by atoms with Crippen LogP contribution in [0.15, 0.2) is 67.0 Å². The second kappa shape index (κ2) is 6.87. The minimum atomic E-state index is -0.453. The number of fused-ring (bicyclic) bond motifs is 1. The average Bonchev–Trinajstić information content (AvgIpc) is 3.44. The van der Waals surface area contributed by atoms with Crippen LogP contribution in [-0.2, 0) is 22.6 Å². The van der Waals surface area contributed by atoms with Gasteiger partial charge in [0.15, 0.2) is 0 Å². The molecule has 2 aromatic carbocycles. The summed E-state index contributed by atoms with van der Waals surface area (Å²) in [6, 6.07) is 17.7. The van der Waals surface area contributed by atoms with Crippen LogP contribution in [0.4, 0.5) is 0 Å². The van der Waals surface area contributed by atoms with Crippen molar-refractivity contribution < 1.29 is 9.59 Å². The van der Waals surface area contributed by atoms with Gasteiger partial charge in [0, 0.05) is 29.2 Å². The molecule has 0 radical (unpaired) electrons. The lowest BCUT2D eigenvalue weighted by Gasteiger charge is -2.01. The van der Waals surface area contributed by atoms with Gasteiger partial charge in [0.1, 0.15) is 5.69 Å². The van der Waals surface area contributed by atoms with Crippen molar-refractivity contribution in [2.24, 2.45) is 0 Å². The summed E-state index contributed by atoms with van der Waals surface area (Å²) in [4.78, 5) is 28.3. The van der Waals surface area contributed by atoms with Gasteiger partial charge in [-0.25, -0.2) is 0 Å². The molecule has 2 amide bonds. The van der Waals surface area contributed by atoms with E-state index in [-0.39, 0.29) is 5.57 Å². The maximum atomic E-state index is 12.6. The molecule has 7 heteroatoms. The fourth-order valence-corrected chi connectivity index (χ4v) is 3.65. The van der Waals surface area contributed by atoms with E-state index < -0.39 is 11.8 Å². The molecule has 2 aromatic heterocycles. The third-order valence-corrected chi connectivity index (χ3v) is 5.06. The molecule has 29 heavy (non-hydrogen) atoms. The maximum Gasteiger partial charge on any atom is 0.261 e. The molecule has 7 nitrogen and oxygen atoms in total. The zero-order valence-electron chi connectivity index (χ0n) is 15.4. The number of carbonyl (C=O) groups is 2. The van der Waals surface area contributed by atoms with E-state index in [4.69, 9.17) is 0 Å². The van der Waals surface area contributed by atoms with Gasteiger partial charge in [0.05, 0.1) is 17.3 Å². The van der Waals surface area contributed by atoms with Gasteiger partial charge in [-0.1, -0.05) is 53.7 Å². The molecule has 5 rings (SSSR count). The first kappa shape index (κ1) is 17.1. The Bertz CT molecular complexity index is 1270. The largest absolute Gasteiger partial charge is 0.361 e. The van der Waals surface area contributed by atoms with E-state index in [0.29, 0.717) is 23.4 Å². The molecule has 0 saturated carbocycles. The topological polar surface area (TPSA) is 92.7 Å². The minimum Gasteiger partial charge on any atom is -0.361 e. The van der Waals surface area contributed by atoms with Gasteiger partial charge in [0.2, 0.25) is 0 Å². The highest BCUT2D eigenvalue weighted by Gasteiger charge is 2.34. The number of amides is 2. The molecule has 0 spiro atoms. The molecule has 0 saturated heterocycles. The number of para-hydroxylation sites is 1. The average molecular weight is 383 g/mol. The minimum absolute atomic E-state index is 0.255. The number of rotatable bonds is 5. The maximum absolute atomic E-state index is 12.6. The number of carbonyl (C=O) groups excluding carboxylic acids is 2. The van der Waals surface area contributed by atoms with Crippen molar-refractivity contribution in [1.82, 2.24) is 25.3 Å². The molecule has 0 fully saturated rings. The second-order valence-electron chi connectivity index (χ2n) is 6.88. The number of H-pyrrole nitrogens is 1. The van der Waals surface area contributed by atoms with Gasteiger partial charge in [-0.05, 0) is 18.1 Å². The van der Waals surface area contributed by atoms with Gasteiger partial charge in [-0.2, -0.15) is 0 Å². The van der Waals surface area contributed by atoms with Gasteiger partial charge in [-0.3, -0.25) is 19.6 Å². The Kier molecular flexibility index (Phi) is 4.05. The number of imide groups is 1. The van der Waals surface area contributed by atoms with Gasteiger partial charge >= 0.3 is 0 Å². The third-order valence-electron chi connectivity index (χ3n) is 5.06. The quantitative estimate of drug-likeness (QED) is 0.518. The summed E-state index contributed by atoms with van der Waals surface area (Å²) in [5, 5.41) is 11.6. The van der Waals surface area contributed by atoms with Crippen molar-refractivity contribution in [2.45, 2.75) is 13.0 Å². The summed E-state index contributed by atoms with van der Waals surface area (Å²) in [6.07, 6.45) is 4.26. The first-order valence-corrected chi connectivity index (χ1v) is 9.31. The number of hydrogen-bond donors (Lipinski definition) is 2. The normalized spacial score (nSPS) is 14.1. The molecule has 0 atom stereocenters. The lowest BCUT2D eigenvalue weighted by molar-refractivity contribution is -0.122. The zero-order valence-corrected chi connectivity index (χ0v) is 15.4. The van der Waals surface area contributed by atoms with Crippen LogP contribution in [0.25, 0.3) is 22.0 Å². The first-order valence-electron chi connectivity index (χ1n) is 9.31. The van der Waals surface area contributed by atoms with Crippen molar-refractivity contribution in [2.75, 3.05) is 0 Å². The predicted molar refractivity (Wildman–Crippen MR) is 108 cm³/mol. The molecule has 3 heterocycles. The SMILES string of the molecule is O=C1NC(=O)C(c2c[nH]c3ccccc23)=C1c1cn(CCc2ccccc2)nn1. The molecule has 0 unspecified atom stereocenters. The molecule has 4 aromatic rings. The highest BCUT2D eigenvalue weighted by Crippen LogP contribution is 2.34.